The lowest BCUT2D eigenvalue weighted by molar-refractivity contribution is 0.388. The van der Waals surface area contributed by atoms with E-state index in [9.17, 15) is 8.42 Å². The molecule has 0 bridgehead atoms. The van der Waals surface area contributed by atoms with Gasteiger partial charge in [-0.2, -0.15) is 0 Å². The molecule has 0 aromatic carbocycles. The Morgan fingerprint density at radius 1 is 1.11 bits per heavy atom. The molecule has 0 spiro atoms. The van der Waals surface area contributed by atoms with E-state index in [0.717, 1.165) is 25.8 Å². The number of nitrogens with one attached hydrogen (secondary N) is 2. The van der Waals surface area contributed by atoms with Gasteiger partial charge in [-0.05, 0) is 39.2 Å². The third kappa shape index (κ3) is 8.06. The number of hydrogen-bond donors (Lipinski definition) is 2. The van der Waals surface area contributed by atoms with Crippen LogP contribution in [0.1, 0.15) is 60.3 Å². The van der Waals surface area contributed by atoms with Crippen molar-refractivity contribution in [3.63, 3.8) is 0 Å². The lowest BCUT2D eigenvalue weighted by atomic mass is 9.98. The van der Waals surface area contributed by atoms with Gasteiger partial charge in [0.15, 0.2) is 0 Å². The van der Waals surface area contributed by atoms with Crippen molar-refractivity contribution in [2.24, 2.45) is 0 Å². The maximum atomic E-state index is 11.9. The summed E-state index contributed by atoms with van der Waals surface area (Å²) in [5.41, 5.74) is -0.297. The van der Waals surface area contributed by atoms with Gasteiger partial charge in [0.05, 0.1) is 5.75 Å². The van der Waals surface area contributed by atoms with E-state index in [1.54, 1.807) is 0 Å². The van der Waals surface area contributed by atoms with Crippen molar-refractivity contribution in [1.29, 1.82) is 0 Å². The van der Waals surface area contributed by atoms with Crippen LogP contribution in [0.15, 0.2) is 0 Å². The second kappa shape index (κ2) is 8.12. The van der Waals surface area contributed by atoms with Gasteiger partial charge in [0.2, 0.25) is 10.0 Å². The Hall–Kier alpha value is -0.130. The molecule has 0 aliphatic heterocycles. The molecular formula is C13H30N2O2S. The van der Waals surface area contributed by atoms with Gasteiger partial charge in [-0.15, -0.1) is 0 Å². The van der Waals surface area contributed by atoms with Gasteiger partial charge >= 0.3 is 0 Å². The van der Waals surface area contributed by atoms with E-state index in [1.165, 1.54) is 0 Å². The van der Waals surface area contributed by atoms with Gasteiger partial charge in [-0.25, -0.2) is 13.1 Å². The fourth-order valence-corrected chi connectivity index (χ4v) is 3.35. The quantitative estimate of drug-likeness (QED) is 0.603. The minimum absolute atomic E-state index is 0.225. The molecule has 0 aromatic rings. The van der Waals surface area contributed by atoms with E-state index in [2.05, 4.69) is 23.9 Å². The second-order valence-electron chi connectivity index (χ2n) is 5.50. The van der Waals surface area contributed by atoms with Gasteiger partial charge in [-0.3, -0.25) is 0 Å². The number of rotatable bonds is 10. The summed E-state index contributed by atoms with van der Waals surface area (Å²) in [5.74, 6) is 0.225. The smallest absolute Gasteiger partial charge is 0.212 e. The molecule has 110 valence electrons. The summed E-state index contributed by atoms with van der Waals surface area (Å²) in [6, 6.07) is 0.461. The fourth-order valence-electron chi connectivity index (χ4n) is 1.63. The highest BCUT2D eigenvalue weighted by Gasteiger charge is 2.25. The summed E-state index contributed by atoms with van der Waals surface area (Å²) >= 11 is 0. The van der Waals surface area contributed by atoms with Gasteiger partial charge in [-0.1, -0.05) is 27.7 Å². The van der Waals surface area contributed by atoms with Crippen molar-refractivity contribution in [2.45, 2.75) is 71.9 Å². The average molecular weight is 278 g/mol. The predicted molar refractivity (Wildman–Crippen MR) is 78.3 cm³/mol. The van der Waals surface area contributed by atoms with E-state index < -0.39 is 10.0 Å². The van der Waals surface area contributed by atoms with Crippen LogP contribution in [0.3, 0.4) is 0 Å². The van der Waals surface area contributed by atoms with E-state index in [4.69, 9.17) is 0 Å². The molecule has 0 aliphatic carbocycles. The highest BCUT2D eigenvalue weighted by Crippen LogP contribution is 2.15. The van der Waals surface area contributed by atoms with Crippen molar-refractivity contribution in [1.82, 2.24) is 10.0 Å². The van der Waals surface area contributed by atoms with Crippen LogP contribution in [-0.4, -0.2) is 32.3 Å². The standard InChI is InChI=1S/C13H30N2O2S/c1-6-13(5,7-2)15-18(16,17)11-9-8-10-14-12(3)4/h12,14-15H,6-11H2,1-5H3. The predicted octanol–water partition coefficient (Wildman–Crippen LogP) is 2.26. The minimum atomic E-state index is -3.14. The molecular weight excluding hydrogens is 248 g/mol. The molecule has 0 aliphatic rings. The van der Waals surface area contributed by atoms with E-state index in [0.29, 0.717) is 12.5 Å². The monoisotopic (exact) mass is 278 g/mol. The zero-order chi connectivity index (χ0) is 14.2. The van der Waals surface area contributed by atoms with Crippen molar-refractivity contribution < 1.29 is 8.42 Å². The Morgan fingerprint density at radius 3 is 2.11 bits per heavy atom. The van der Waals surface area contributed by atoms with E-state index >= 15 is 0 Å². The molecule has 18 heavy (non-hydrogen) atoms. The summed E-state index contributed by atoms with van der Waals surface area (Å²) < 4.78 is 26.7. The van der Waals surface area contributed by atoms with Gasteiger partial charge in [0.25, 0.3) is 0 Å². The molecule has 0 unspecified atom stereocenters. The van der Waals surface area contributed by atoms with Crippen LogP contribution in [0.25, 0.3) is 0 Å². The van der Waals surface area contributed by atoms with Crippen molar-refractivity contribution in [3.8, 4) is 0 Å². The largest absolute Gasteiger partial charge is 0.315 e. The maximum Gasteiger partial charge on any atom is 0.212 e. The third-order valence-electron chi connectivity index (χ3n) is 3.35. The Kier molecular flexibility index (Phi) is 8.06. The maximum absolute atomic E-state index is 11.9. The van der Waals surface area contributed by atoms with Crippen LogP contribution < -0.4 is 10.0 Å². The Bertz CT molecular complexity index is 309. The van der Waals surface area contributed by atoms with Gasteiger partial charge in [0, 0.05) is 11.6 Å². The van der Waals surface area contributed by atoms with Gasteiger partial charge in [0.1, 0.15) is 0 Å². The second-order valence-corrected chi connectivity index (χ2v) is 7.35. The lowest BCUT2D eigenvalue weighted by Gasteiger charge is -2.27. The van der Waals surface area contributed by atoms with E-state index in [-0.39, 0.29) is 11.3 Å². The zero-order valence-corrected chi connectivity index (χ0v) is 13.4. The molecule has 0 amide bonds. The summed E-state index contributed by atoms with van der Waals surface area (Å²) in [6.07, 6.45) is 3.24. The molecule has 0 saturated carbocycles. The first-order valence-electron chi connectivity index (χ1n) is 6.99. The van der Waals surface area contributed by atoms with Crippen molar-refractivity contribution in [2.75, 3.05) is 12.3 Å². The zero-order valence-electron chi connectivity index (χ0n) is 12.5. The fraction of sp³-hybridized carbons (Fsp3) is 1.00. The number of unbranched alkanes of at least 4 members (excludes halogenated alkanes) is 1. The summed E-state index contributed by atoms with van der Waals surface area (Å²) in [6.45, 7) is 11.0. The van der Waals surface area contributed by atoms with Crippen LogP contribution >= 0.6 is 0 Å². The summed E-state index contributed by atoms with van der Waals surface area (Å²) in [5, 5.41) is 3.29. The average Bonchev–Trinajstić information content (AvgIpc) is 2.27. The van der Waals surface area contributed by atoms with Gasteiger partial charge < -0.3 is 5.32 Å². The Labute approximate surface area is 113 Å². The number of hydrogen-bond acceptors (Lipinski definition) is 3. The molecule has 4 nitrogen and oxygen atoms in total. The van der Waals surface area contributed by atoms with Crippen molar-refractivity contribution >= 4 is 10.0 Å². The Morgan fingerprint density at radius 2 is 1.67 bits per heavy atom. The summed E-state index contributed by atoms with van der Waals surface area (Å²) in [4.78, 5) is 0. The third-order valence-corrected chi connectivity index (χ3v) is 4.98. The minimum Gasteiger partial charge on any atom is -0.315 e. The molecule has 0 heterocycles. The highest BCUT2D eigenvalue weighted by molar-refractivity contribution is 7.89. The molecule has 0 radical (unpaired) electrons. The molecule has 0 fully saturated rings. The van der Waals surface area contributed by atoms with Crippen LogP contribution in [0.5, 0.6) is 0 Å². The van der Waals surface area contributed by atoms with Crippen molar-refractivity contribution in [3.05, 3.63) is 0 Å². The SMILES string of the molecule is CCC(C)(CC)NS(=O)(=O)CCCCNC(C)C. The lowest BCUT2D eigenvalue weighted by Crippen LogP contribution is -2.45. The first kappa shape index (κ1) is 17.9. The first-order chi connectivity index (χ1) is 8.24. The molecule has 0 rings (SSSR count). The van der Waals surface area contributed by atoms with Crippen LogP contribution in [0.4, 0.5) is 0 Å². The molecule has 2 N–H and O–H groups in total. The van der Waals surface area contributed by atoms with E-state index in [1.807, 2.05) is 20.8 Å². The van der Waals surface area contributed by atoms with Crippen LogP contribution in [0.2, 0.25) is 0 Å². The molecule has 0 atom stereocenters. The van der Waals surface area contributed by atoms with Crippen LogP contribution in [-0.2, 0) is 10.0 Å². The number of sulfonamides is 1. The topological polar surface area (TPSA) is 58.2 Å². The first-order valence-corrected chi connectivity index (χ1v) is 8.65. The molecule has 0 aromatic heterocycles. The summed E-state index contributed by atoms with van der Waals surface area (Å²) in [7, 11) is -3.14. The normalized spacial score (nSPS) is 13.2. The van der Waals surface area contributed by atoms with Crippen LogP contribution in [0, 0.1) is 0 Å². The highest BCUT2D eigenvalue weighted by atomic mass is 32.2. The Balaban J connectivity index is 4.02. The molecule has 5 heteroatoms. The molecule has 0 saturated heterocycles.